The molecule has 0 aromatic carbocycles. The van der Waals surface area contributed by atoms with Gasteiger partial charge in [0.05, 0.1) is 27.3 Å². The summed E-state index contributed by atoms with van der Waals surface area (Å²) >= 11 is 2.96. The van der Waals surface area contributed by atoms with E-state index in [1.807, 2.05) is 17.5 Å². The van der Waals surface area contributed by atoms with Crippen LogP contribution in [0.2, 0.25) is 0 Å². The fourth-order valence-corrected chi connectivity index (χ4v) is 3.52. The Morgan fingerprint density at radius 1 is 1.50 bits per heavy atom. The zero-order valence-electron chi connectivity index (χ0n) is 11.1. The van der Waals surface area contributed by atoms with Gasteiger partial charge in [0.15, 0.2) is 0 Å². The number of carbonyl (C=O) groups is 1. The first-order valence-electron chi connectivity index (χ1n) is 6.30. The SMILES string of the molecule is CC(C)c1nnsc1CNC(=O)c1cc2sccc2[nH]1. The number of hydrogen-bond acceptors (Lipinski definition) is 5. The quantitative estimate of drug-likeness (QED) is 0.778. The van der Waals surface area contributed by atoms with Crippen molar-refractivity contribution in [3.63, 3.8) is 0 Å². The van der Waals surface area contributed by atoms with Crippen molar-refractivity contribution in [1.82, 2.24) is 19.9 Å². The molecule has 20 heavy (non-hydrogen) atoms. The Kier molecular flexibility index (Phi) is 3.54. The lowest BCUT2D eigenvalue weighted by Gasteiger charge is -2.05. The van der Waals surface area contributed by atoms with Crippen molar-refractivity contribution in [3.8, 4) is 0 Å². The van der Waals surface area contributed by atoms with Crippen LogP contribution in [0.15, 0.2) is 17.5 Å². The molecule has 0 spiro atoms. The normalized spacial score (nSPS) is 11.3. The molecule has 0 aliphatic rings. The van der Waals surface area contributed by atoms with Crippen molar-refractivity contribution in [2.24, 2.45) is 0 Å². The van der Waals surface area contributed by atoms with E-state index in [-0.39, 0.29) is 5.91 Å². The third-order valence-electron chi connectivity index (χ3n) is 3.03. The molecule has 5 nitrogen and oxygen atoms in total. The van der Waals surface area contributed by atoms with Crippen LogP contribution >= 0.6 is 22.9 Å². The molecule has 3 rings (SSSR count). The van der Waals surface area contributed by atoms with Gasteiger partial charge in [-0.1, -0.05) is 18.3 Å². The molecule has 0 radical (unpaired) electrons. The van der Waals surface area contributed by atoms with E-state index in [4.69, 9.17) is 0 Å². The molecule has 0 aliphatic carbocycles. The van der Waals surface area contributed by atoms with Gasteiger partial charge in [0, 0.05) is 0 Å². The second-order valence-corrected chi connectivity index (χ2v) is 6.59. The Morgan fingerprint density at radius 3 is 3.10 bits per heavy atom. The van der Waals surface area contributed by atoms with Gasteiger partial charge in [-0.2, -0.15) is 0 Å². The van der Waals surface area contributed by atoms with Crippen LogP contribution < -0.4 is 5.32 Å². The molecule has 0 fully saturated rings. The number of thiophene rings is 1. The fourth-order valence-electron chi connectivity index (χ4n) is 2.00. The van der Waals surface area contributed by atoms with Gasteiger partial charge in [-0.25, -0.2) is 0 Å². The van der Waals surface area contributed by atoms with Crippen LogP contribution in [0.25, 0.3) is 10.2 Å². The Hall–Kier alpha value is -1.73. The van der Waals surface area contributed by atoms with Gasteiger partial charge >= 0.3 is 0 Å². The molecular formula is C13H14N4OS2. The molecule has 1 amide bonds. The van der Waals surface area contributed by atoms with Crippen molar-refractivity contribution in [1.29, 1.82) is 0 Å². The monoisotopic (exact) mass is 306 g/mol. The minimum Gasteiger partial charge on any atom is -0.350 e. The van der Waals surface area contributed by atoms with E-state index in [1.165, 1.54) is 11.5 Å². The third-order valence-corrected chi connectivity index (χ3v) is 4.63. The predicted molar refractivity (Wildman–Crippen MR) is 81.3 cm³/mol. The first kappa shape index (κ1) is 13.3. The second-order valence-electron chi connectivity index (χ2n) is 4.80. The predicted octanol–water partition coefficient (Wildman–Crippen LogP) is 3.13. The first-order valence-corrected chi connectivity index (χ1v) is 7.96. The average Bonchev–Trinajstić information content (AvgIpc) is 3.09. The van der Waals surface area contributed by atoms with Gasteiger partial charge in [-0.3, -0.25) is 4.79 Å². The molecule has 0 unspecified atom stereocenters. The van der Waals surface area contributed by atoms with Crippen LogP contribution in [-0.4, -0.2) is 20.5 Å². The average molecular weight is 306 g/mol. The lowest BCUT2D eigenvalue weighted by molar-refractivity contribution is 0.0947. The number of amides is 1. The number of aromatic nitrogens is 3. The van der Waals surface area contributed by atoms with E-state index in [1.54, 1.807) is 11.3 Å². The Labute approximate surface area is 124 Å². The van der Waals surface area contributed by atoms with Crippen LogP contribution in [0.4, 0.5) is 0 Å². The van der Waals surface area contributed by atoms with Crippen LogP contribution in [0, 0.1) is 0 Å². The van der Waals surface area contributed by atoms with E-state index in [0.29, 0.717) is 18.2 Å². The van der Waals surface area contributed by atoms with Crippen LogP contribution in [-0.2, 0) is 6.54 Å². The topological polar surface area (TPSA) is 70.7 Å². The number of nitrogens with zero attached hydrogens (tertiary/aromatic N) is 2. The maximum atomic E-state index is 12.1. The van der Waals surface area contributed by atoms with E-state index in [2.05, 4.69) is 33.7 Å². The van der Waals surface area contributed by atoms with Crippen molar-refractivity contribution < 1.29 is 4.79 Å². The zero-order chi connectivity index (χ0) is 14.1. The summed E-state index contributed by atoms with van der Waals surface area (Å²) in [7, 11) is 0. The number of nitrogens with one attached hydrogen (secondary N) is 2. The Bertz CT molecular complexity index is 712. The van der Waals surface area contributed by atoms with Crippen molar-refractivity contribution >= 4 is 39.0 Å². The van der Waals surface area contributed by atoms with Crippen molar-refractivity contribution in [3.05, 3.63) is 33.8 Å². The van der Waals surface area contributed by atoms with Gasteiger partial charge in [0.2, 0.25) is 0 Å². The minimum absolute atomic E-state index is 0.100. The van der Waals surface area contributed by atoms with Gasteiger partial charge in [0.1, 0.15) is 5.69 Å². The molecule has 0 atom stereocenters. The Morgan fingerprint density at radius 2 is 2.35 bits per heavy atom. The van der Waals surface area contributed by atoms with E-state index >= 15 is 0 Å². The first-order chi connectivity index (χ1) is 9.65. The summed E-state index contributed by atoms with van der Waals surface area (Å²) in [5.41, 5.74) is 2.56. The molecule has 0 bridgehead atoms. The molecule has 3 heterocycles. The maximum Gasteiger partial charge on any atom is 0.268 e. The number of rotatable bonds is 4. The highest BCUT2D eigenvalue weighted by atomic mass is 32.1. The van der Waals surface area contributed by atoms with Gasteiger partial charge < -0.3 is 10.3 Å². The third kappa shape index (κ3) is 2.46. The highest BCUT2D eigenvalue weighted by Crippen LogP contribution is 2.22. The van der Waals surface area contributed by atoms with Gasteiger partial charge in [-0.15, -0.1) is 16.4 Å². The highest BCUT2D eigenvalue weighted by Gasteiger charge is 2.14. The molecule has 0 saturated heterocycles. The molecule has 0 aliphatic heterocycles. The van der Waals surface area contributed by atoms with Gasteiger partial charge in [0.25, 0.3) is 5.91 Å². The largest absolute Gasteiger partial charge is 0.350 e. The van der Waals surface area contributed by atoms with Crippen LogP contribution in [0.5, 0.6) is 0 Å². The van der Waals surface area contributed by atoms with Gasteiger partial charge in [-0.05, 0) is 35.0 Å². The number of hydrogen-bond donors (Lipinski definition) is 2. The van der Waals surface area contributed by atoms with E-state index in [0.717, 1.165) is 20.8 Å². The van der Waals surface area contributed by atoms with Crippen LogP contribution in [0.3, 0.4) is 0 Å². The summed E-state index contributed by atoms with van der Waals surface area (Å²) in [4.78, 5) is 16.2. The lowest BCUT2D eigenvalue weighted by Crippen LogP contribution is -2.23. The molecule has 3 aromatic rings. The van der Waals surface area contributed by atoms with Crippen LogP contribution in [0.1, 0.15) is 40.8 Å². The highest BCUT2D eigenvalue weighted by molar-refractivity contribution is 7.17. The summed E-state index contributed by atoms with van der Waals surface area (Å²) in [6.45, 7) is 4.61. The van der Waals surface area contributed by atoms with Crippen molar-refractivity contribution in [2.45, 2.75) is 26.3 Å². The molecule has 2 N–H and O–H groups in total. The molecule has 0 saturated carbocycles. The molecule has 7 heteroatoms. The Balaban J connectivity index is 1.70. The number of fused-ring (bicyclic) bond motifs is 1. The number of aromatic amines is 1. The summed E-state index contributed by atoms with van der Waals surface area (Å²) in [5, 5.41) is 9.02. The summed E-state index contributed by atoms with van der Waals surface area (Å²) in [6.07, 6.45) is 0. The lowest BCUT2D eigenvalue weighted by atomic mass is 10.1. The molecular weight excluding hydrogens is 292 g/mol. The van der Waals surface area contributed by atoms with E-state index in [9.17, 15) is 4.79 Å². The summed E-state index contributed by atoms with van der Waals surface area (Å²) in [6, 6.07) is 3.85. The molecule has 3 aromatic heterocycles. The fraction of sp³-hybridized carbons (Fsp3) is 0.308. The second kappa shape index (κ2) is 5.34. The molecule has 104 valence electrons. The summed E-state index contributed by atoms with van der Waals surface area (Å²) in [5.74, 6) is 0.216. The number of H-pyrrole nitrogens is 1. The maximum absolute atomic E-state index is 12.1. The smallest absolute Gasteiger partial charge is 0.268 e. The zero-order valence-corrected chi connectivity index (χ0v) is 12.8. The standard InChI is InChI=1S/C13H14N4OS2/c1-7(2)12-11(20-17-16-12)6-14-13(18)9-5-10-8(15-9)3-4-19-10/h3-5,7,15H,6H2,1-2H3,(H,14,18). The van der Waals surface area contributed by atoms with E-state index < -0.39 is 0 Å². The summed E-state index contributed by atoms with van der Waals surface area (Å²) < 4.78 is 5.05. The minimum atomic E-state index is -0.100. The van der Waals surface area contributed by atoms with Crippen molar-refractivity contribution in [2.75, 3.05) is 0 Å². The number of carbonyl (C=O) groups excluding carboxylic acids is 1.